The van der Waals surface area contributed by atoms with Gasteiger partial charge in [-0.2, -0.15) is 0 Å². The maximum atomic E-state index is 13.1. The lowest BCUT2D eigenvalue weighted by Gasteiger charge is -2.34. The number of thioether (sulfide) groups is 1. The molecular weight excluding hydrogens is 452 g/mol. The predicted molar refractivity (Wildman–Crippen MR) is 126 cm³/mol. The van der Waals surface area contributed by atoms with Crippen LogP contribution in [0.1, 0.15) is 27.2 Å². The molecule has 0 spiro atoms. The Morgan fingerprint density at radius 2 is 1.88 bits per heavy atom. The molecule has 0 radical (unpaired) electrons. The van der Waals surface area contributed by atoms with Crippen LogP contribution in [0.2, 0.25) is 5.02 Å². The Hall–Kier alpha value is -2.26. The molecule has 10 heteroatoms. The summed E-state index contributed by atoms with van der Waals surface area (Å²) in [5, 5.41) is 1.55. The first-order chi connectivity index (χ1) is 15.3. The lowest BCUT2D eigenvalue weighted by atomic mass is 10.1. The van der Waals surface area contributed by atoms with E-state index in [0.717, 1.165) is 6.42 Å². The molecule has 32 heavy (non-hydrogen) atoms. The molecule has 174 valence electrons. The third-order valence-corrected chi connectivity index (χ3v) is 6.49. The average molecular weight is 481 g/mol. The number of hydrogen-bond donors (Lipinski definition) is 0. The number of carbonyl (C=O) groups is 2. The Balaban J connectivity index is 1.72. The molecule has 1 aliphatic heterocycles. The van der Waals surface area contributed by atoms with Gasteiger partial charge in [-0.1, -0.05) is 37.2 Å². The molecule has 1 fully saturated rings. The van der Waals surface area contributed by atoms with Crippen molar-refractivity contribution in [2.45, 2.75) is 38.9 Å². The van der Waals surface area contributed by atoms with Crippen molar-refractivity contribution in [2.75, 3.05) is 38.5 Å². The van der Waals surface area contributed by atoms with Gasteiger partial charge in [0.1, 0.15) is 0 Å². The summed E-state index contributed by atoms with van der Waals surface area (Å²) in [6.07, 6.45) is 0.486. The molecule has 1 aliphatic rings. The molecule has 0 saturated carbocycles. The first-order valence-corrected chi connectivity index (χ1v) is 12.2. The summed E-state index contributed by atoms with van der Waals surface area (Å²) in [7, 11) is 0. The minimum absolute atomic E-state index is 0.0469. The third kappa shape index (κ3) is 5.95. The van der Waals surface area contributed by atoms with E-state index in [2.05, 4.69) is 18.8 Å². The van der Waals surface area contributed by atoms with Crippen molar-refractivity contribution in [2.24, 2.45) is 5.92 Å². The van der Waals surface area contributed by atoms with Crippen LogP contribution < -0.4 is 5.56 Å². The van der Waals surface area contributed by atoms with Crippen LogP contribution in [0.3, 0.4) is 0 Å². The fraction of sp³-hybridized carbons (Fsp3) is 0.545. The second kappa shape index (κ2) is 11.0. The molecule has 2 heterocycles. The Morgan fingerprint density at radius 3 is 2.53 bits per heavy atom. The summed E-state index contributed by atoms with van der Waals surface area (Å²) < 4.78 is 6.68. The van der Waals surface area contributed by atoms with Gasteiger partial charge in [0.25, 0.3) is 5.56 Å². The van der Waals surface area contributed by atoms with Crippen LogP contribution in [0.4, 0.5) is 4.79 Å². The summed E-state index contributed by atoms with van der Waals surface area (Å²) in [5.41, 5.74) is 0.409. The molecule has 0 bridgehead atoms. The highest BCUT2D eigenvalue weighted by atomic mass is 35.5. The molecule has 1 saturated heterocycles. The number of benzene rings is 1. The smallest absolute Gasteiger partial charge is 0.409 e. The van der Waals surface area contributed by atoms with Crippen LogP contribution in [0.5, 0.6) is 0 Å². The molecule has 2 aromatic rings. The highest BCUT2D eigenvalue weighted by molar-refractivity contribution is 7.99. The van der Waals surface area contributed by atoms with Crippen LogP contribution in [0, 0.1) is 5.92 Å². The van der Waals surface area contributed by atoms with Crippen LogP contribution in [0.15, 0.2) is 28.2 Å². The number of halogens is 1. The SMILES string of the molecule is CCOC(=O)N1CCN(C(=O)CSc2nc3cc(Cl)ccc3c(=O)n2CCC(C)C)CC1. The number of nitrogens with zero attached hydrogens (tertiary/aromatic N) is 4. The van der Waals surface area contributed by atoms with Gasteiger partial charge >= 0.3 is 6.09 Å². The van der Waals surface area contributed by atoms with Crippen molar-refractivity contribution in [3.05, 3.63) is 33.6 Å². The van der Waals surface area contributed by atoms with E-state index in [1.54, 1.807) is 39.5 Å². The molecule has 0 unspecified atom stereocenters. The zero-order valence-electron chi connectivity index (χ0n) is 18.7. The van der Waals surface area contributed by atoms with Gasteiger partial charge in [0, 0.05) is 37.7 Å². The van der Waals surface area contributed by atoms with Gasteiger partial charge in [0.2, 0.25) is 5.91 Å². The van der Waals surface area contributed by atoms with Gasteiger partial charge in [0.15, 0.2) is 5.16 Å². The second-order valence-corrected chi connectivity index (χ2v) is 9.43. The predicted octanol–water partition coefficient (Wildman–Crippen LogP) is 3.49. The summed E-state index contributed by atoms with van der Waals surface area (Å²) >= 11 is 7.36. The van der Waals surface area contributed by atoms with E-state index in [4.69, 9.17) is 16.3 Å². The lowest BCUT2D eigenvalue weighted by Crippen LogP contribution is -2.51. The van der Waals surface area contributed by atoms with E-state index in [-0.39, 0.29) is 23.3 Å². The van der Waals surface area contributed by atoms with Gasteiger partial charge in [-0.25, -0.2) is 9.78 Å². The Kier molecular flexibility index (Phi) is 8.42. The molecule has 0 atom stereocenters. The largest absolute Gasteiger partial charge is 0.450 e. The first-order valence-electron chi connectivity index (χ1n) is 10.8. The summed E-state index contributed by atoms with van der Waals surface area (Å²) in [6, 6.07) is 5.05. The Bertz CT molecular complexity index is 1030. The minimum atomic E-state index is -0.345. The van der Waals surface area contributed by atoms with E-state index in [0.29, 0.717) is 66.3 Å². The second-order valence-electron chi connectivity index (χ2n) is 8.05. The number of amides is 2. The van der Waals surface area contributed by atoms with E-state index in [1.807, 2.05) is 0 Å². The lowest BCUT2D eigenvalue weighted by molar-refractivity contribution is -0.129. The minimum Gasteiger partial charge on any atom is -0.450 e. The number of hydrogen-bond acceptors (Lipinski definition) is 6. The topological polar surface area (TPSA) is 84.7 Å². The van der Waals surface area contributed by atoms with Crippen LogP contribution in [0.25, 0.3) is 10.9 Å². The van der Waals surface area contributed by atoms with E-state index in [9.17, 15) is 14.4 Å². The molecule has 3 rings (SSSR count). The molecule has 1 aromatic carbocycles. The van der Waals surface area contributed by atoms with Gasteiger partial charge in [-0.3, -0.25) is 14.2 Å². The third-order valence-electron chi connectivity index (χ3n) is 5.30. The fourth-order valence-corrected chi connectivity index (χ4v) is 4.53. The number of fused-ring (bicyclic) bond motifs is 1. The number of aromatic nitrogens is 2. The maximum Gasteiger partial charge on any atom is 0.409 e. The van der Waals surface area contributed by atoms with Gasteiger partial charge in [0.05, 0.1) is 23.3 Å². The highest BCUT2D eigenvalue weighted by Crippen LogP contribution is 2.22. The number of rotatable bonds is 7. The van der Waals surface area contributed by atoms with E-state index in [1.165, 1.54) is 11.8 Å². The highest BCUT2D eigenvalue weighted by Gasteiger charge is 2.25. The Morgan fingerprint density at radius 1 is 1.19 bits per heavy atom. The fourth-order valence-electron chi connectivity index (χ4n) is 3.44. The van der Waals surface area contributed by atoms with Crippen LogP contribution >= 0.6 is 23.4 Å². The molecular formula is C22H29ClN4O4S. The number of piperazine rings is 1. The first kappa shape index (κ1) is 24.4. The summed E-state index contributed by atoms with van der Waals surface area (Å²) in [4.78, 5) is 45.7. The quantitative estimate of drug-likeness (QED) is 0.445. The normalized spacial score (nSPS) is 14.3. The molecule has 1 aromatic heterocycles. The molecule has 2 amide bonds. The van der Waals surface area contributed by atoms with Crippen molar-refractivity contribution in [1.29, 1.82) is 0 Å². The van der Waals surface area contributed by atoms with Gasteiger partial charge < -0.3 is 14.5 Å². The number of carbonyl (C=O) groups excluding carboxylic acids is 2. The van der Waals surface area contributed by atoms with Crippen LogP contribution in [-0.4, -0.2) is 69.9 Å². The van der Waals surface area contributed by atoms with Crippen LogP contribution in [-0.2, 0) is 16.1 Å². The molecule has 0 aliphatic carbocycles. The van der Waals surface area contributed by atoms with Gasteiger partial charge in [-0.15, -0.1) is 0 Å². The van der Waals surface area contributed by atoms with Crippen molar-refractivity contribution in [3.8, 4) is 0 Å². The maximum absolute atomic E-state index is 13.1. The monoisotopic (exact) mass is 480 g/mol. The Labute approximate surface area is 196 Å². The average Bonchev–Trinajstić information content (AvgIpc) is 2.76. The number of ether oxygens (including phenoxy) is 1. The van der Waals surface area contributed by atoms with E-state index < -0.39 is 0 Å². The van der Waals surface area contributed by atoms with Crippen molar-refractivity contribution >= 4 is 46.3 Å². The zero-order chi connectivity index (χ0) is 23.3. The van der Waals surface area contributed by atoms with Crippen molar-refractivity contribution in [1.82, 2.24) is 19.4 Å². The summed E-state index contributed by atoms with van der Waals surface area (Å²) in [6.45, 7) is 8.65. The van der Waals surface area contributed by atoms with Crippen molar-refractivity contribution in [3.63, 3.8) is 0 Å². The standard InChI is InChI=1S/C22H29ClN4O4S/c1-4-31-22(30)26-11-9-25(10-12-26)19(28)14-32-21-24-18-13-16(23)5-6-17(18)20(29)27(21)8-7-15(2)3/h5-6,13,15H,4,7-12,14H2,1-3H3. The zero-order valence-corrected chi connectivity index (χ0v) is 20.2. The van der Waals surface area contributed by atoms with E-state index >= 15 is 0 Å². The van der Waals surface area contributed by atoms with Crippen molar-refractivity contribution < 1.29 is 14.3 Å². The molecule has 8 nitrogen and oxygen atoms in total. The summed E-state index contributed by atoms with van der Waals surface area (Å²) in [5.74, 6) is 0.548. The molecule has 0 N–H and O–H groups in total. The van der Waals surface area contributed by atoms with Gasteiger partial charge in [-0.05, 0) is 37.5 Å².